The predicted molar refractivity (Wildman–Crippen MR) is 96.8 cm³/mol. The molecule has 0 spiro atoms. The van der Waals surface area contributed by atoms with E-state index in [-0.39, 0.29) is 19.0 Å². The maximum Gasteiger partial charge on any atom is 0.361 e. The summed E-state index contributed by atoms with van der Waals surface area (Å²) in [5.41, 5.74) is 0.720. The second-order valence-corrected chi connectivity index (χ2v) is 7.70. The van der Waals surface area contributed by atoms with Gasteiger partial charge in [0.2, 0.25) is 0 Å². The minimum absolute atomic E-state index is 0.260. The first-order valence-corrected chi connectivity index (χ1v) is 9.70. The second kappa shape index (κ2) is 8.28. The molecule has 0 saturated heterocycles. The lowest BCUT2D eigenvalue weighted by Gasteiger charge is -2.17. The monoisotopic (exact) mass is 386 g/mol. The number of hydrogen-bond donors (Lipinski definition) is 0. The SMILES string of the molecule is CCOP(=O)(OCC)c1ccc(C(=O)c2cc(Cl)ccc2Cl)cc1. The van der Waals surface area contributed by atoms with E-state index in [0.29, 0.717) is 26.5 Å². The molecule has 2 aromatic carbocycles. The molecule has 0 amide bonds. The maximum atomic E-state index is 12.7. The normalized spacial score (nSPS) is 11.5. The number of benzene rings is 2. The fraction of sp³-hybridized carbons (Fsp3) is 0.235. The van der Waals surface area contributed by atoms with E-state index in [0.717, 1.165) is 0 Å². The Hall–Kier alpha value is -1.16. The van der Waals surface area contributed by atoms with E-state index in [1.165, 1.54) is 6.07 Å². The summed E-state index contributed by atoms with van der Waals surface area (Å²) in [5.74, 6) is -0.267. The van der Waals surface area contributed by atoms with Crippen LogP contribution >= 0.6 is 30.8 Å². The van der Waals surface area contributed by atoms with Crippen LogP contribution in [0.5, 0.6) is 0 Å². The van der Waals surface area contributed by atoms with E-state index in [4.69, 9.17) is 32.2 Å². The summed E-state index contributed by atoms with van der Waals surface area (Å²) in [4.78, 5) is 12.6. The quantitative estimate of drug-likeness (QED) is 0.489. The Morgan fingerprint density at radius 1 is 1.00 bits per heavy atom. The first-order valence-electron chi connectivity index (χ1n) is 7.40. The summed E-state index contributed by atoms with van der Waals surface area (Å²) in [6.07, 6.45) is 0. The molecular weight excluding hydrogens is 370 g/mol. The molecule has 0 aromatic heterocycles. The van der Waals surface area contributed by atoms with Gasteiger partial charge in [-0.05, 0) is 44.2 Å². The van der Waals surface area contributed by atoms with Gasteiger partial charge in [-0.15, -0.1) is 0 Å². The highest BCUT2D eigenvalue weighted by Gasteiger charge is 2.26. The molecule has 0 heterocycles. The Morgan fingerprint density at radius 3 is 2.12 bits per heavy atom. The molecule has 4 nitrogen and oxygen atoms in total. The number of halogens is 2. The number of rotatable bonds is 7. The summed E-state index contributed by atoms with van der Waals surface area (Å²) in [6, 6.07) is 11.0. The van der Waals surface area contributed by atoms with Crippen LogP contribution in [0.2, 0.25) is 10.0 Å². The van der Waals surface area contributed by atoms with Crippen LogP contribution in [0.4, 0.5) is 0 Å². The number of hydrogen-bond acceptors (Lipinski definition) is 4. The van der Waals surface area contributed by atoms with Crippen molar-refractivity contribution < 1.29 is 18.4 Å². The van der Waals surface area contributed by atoms with Crippen LogP contribution in [0.15, 0.2) is 42.5 Å². The minimum atomic E-state index is -3.37. The molecule has 0 fully saturated rings. The molecular formula is C17H17Cl2O4P. The summed E-state index contributed by atoms with van der Waals surface area (Å²) in [5, 5.41) is 1.15. The highest BCUT2D eigenvalue weighted by atomic mass is 35.5. The predicted octanol–water partition coefficient (Wildman–Crippen LogP) is 5.12. The van der Waals surface area contributed by atoms with Gasteiger partial charge in [0.25, 0.3) is 0 Å². The third-order valence-corrected chi connectivity index (χ3v) is 5.91. The fourth-order valence-corrected chi connectivity index (χ4v) is 4.09. The van der Waals surface area contributed by atoms with E-state index in [2.05, 4.69) is 0 Å². The van der Waals surface area contributed by atoms with E-state index in [1.54, 1.807) is 50.2 Å². The fourth-order valence-electron chi connectivity index (χ4n) is 2.15. The standard InChI is InChI=1S/C17H17Cl2O4P/c1-3-22-24(21,23-4-2)14-8-5-12(6-9-14)17(20)15-11-13(18)7-10-16(15)19/h5-11H,3-4H2,1-2H3. The smallest absolute Gasteiger partial charge is 0.305 e. The molecule has 0 aliphatic rings. The Bertz CT molecular complexity index is 765. The molecule has 0 unspecified atom stereocenters. The lowest BCUT2D eigenvalue weighted by molar-refractivity contribution is 0.103. The van der Waals surface area contributed by atoms with Crippen molar-refractivity contribution in [2.45, 2.75) is 13.8 Å². The van der Waals surface area contributed by atoms with Gasteiger partial charge in [-0.25, -0.2) is 0 Å². The summed E-state index contributed by atoms with van der Waals surface area (Å²) < 4.78 is 23.3. The second-order valence-electron chi connectivity index (χ2n) is 4.83. The van der Waals surface area contributed by atoms with Crippen molar-refractivity contribution in [3.05, 3.63) is 63.6 Å². The van der Waals surface area contributed by atoms with E-state index >= 15 is 0 Å². The number of carbonyl (C=O) groups excluding carboxylic acids is 1. The third-order valence-electron chi connectivity index (χ3n) is 3.22. The van der Waals surface area contributed by atoms with Crippen molar-refractivity contribution >= 4 is 41.9 Å². The molecule has 24 heavy (non-hydrogen) atoms. The Balaban J connectivity index is 2.33. The van der Waals surface area contributed by atoms with Gasteiger partial charge >= 0.3 is 7.60 Å². The molecule has 0 atom stereocenters. The average molecular weight is 387 g/mol. The summed E-state index contributed by atoms with van der Waals surface area (Å²) in [7, 11) is -3.37. The van der Waals surface area contributed by atoms with Crippen molar-refractivity contribution in [3.8, 4) is 0 Å². The molecule has 0 aliphatic carbocycles. The van der Waals surface area contributed by atoms with Crippen LogP contribution in [0.3, 0.4) is 0 Å². The van der Waals surface area contributed by atoms with Gasteiger partial charge in [-0.1, -0.05) is 35.3 Å². The van der Waals surface area contributed by atoms with Crippen LogP contribution in [0.1, 0.15) is 29.8 Å². The third kappa shape index (κ3) is 4.27. The van der Waals surface area contributed by atoms with Gasteiger partial charge in [-0.2, -0.15) is 0 Å². The van der Waals surface area contributed by atoms with Gasteiger partial charge in [0.1, 0.15) is 0 Å². The summed E-state index contributed by atoms with van der Waals surface area (Å²) in [6.45, 7) is 4.00. The molecule has 0 saturated carbocycles. The van der Waals surface area contributed by atoms with E-state index < -0.39 is 7.60 Å². The van der Waals surface area contributed by atoms with E-state index in [1.807, 2.05) is 0 Å². The highest BCUT2D eigenvalue weighted by molar-refractivity contribution is 7.62. The molecule has 0 radical (unpaired) electrons. The van der Waals surface area contributed by atoms with Crippen molar-refractivity contribution in [1.82, 2.24) is 0 Å². The summed E-state index contributed by atoms with van der Waals surface area (Å²) >= 11 is 12.0. The average Bonchev–Trinajstić information content (AvgIpc) is 2.57. The molecule has 2 rings (SSSR count). The zero-order valence-electron chi connectivity index (χ0n) is 13.3. The Kier molecular flexibility index (Phi) is 6.62. The van der Waals surface area contributed by atoms with Crippen LogP contribution in [0, 0.1) is 0 Å². The zero-order valence-corrected chi connectivity index (χ0v) is 15.7. The molecule has 0 N–H and O–H groups in total. The van der Waals surface area contributed by atoms with Gasteiger partial charge < -0.3 is 9.05 Å². The first-order chi connectivity index (χ1) is 11.4. The lowest BCUT2D eigenvalue weighted by atomic mass is 10.0. The number of ketones is 1. The van der Waals surface area contributed by atoms with Gasteiger partial charge in [0.05, 0.1) is 23.5 Å². The molecule has 0 aliphatic heterocycles. The van der Waals surface area contributed by atoms with Crippen molar-refractivity contribution in [3.63, 3.8) is 0 Å². The zero-order chi connectivity index (χ0) is 17.7. The minimum Gasteiger partial charge on any atom is -0.305 e. The molecule has 7 heteroatoms. The Labute approximate surface area is 151 Å². The first kappa shape index (κ1) is 19.2. The highest BCUT2D eigenvalue weighted by Crippen LogP contribution is 2.46. The van der Waals surface area contributed by atoms with Crippen LogP contribution < -0.4 is 5.30 Å². The molecule has 2 aromatic rings. The van der Waals surface area contributed by atoms with Gasteiger partial charge in [0, 0.05) is 16.1 Å². The lowest BCUT2D eigenvalue weighted by Crippen LogP contribution is -2.12. The van der Waals surface area contributed by atoms with Gasteiger partial charge in [-0.3, -0.25) is 9.36 Å². The van der Waals surface area contributed by atoms with E-state index in [9.17, 15) is 9.36 Å². The molecule has 0 bridgehead atoms. The van der Waals surface area contributed by atoms with Crippen LogP contribution in [0.25, 0.3) is 0 Å². The Morgan fingerprint density at radius 2 is 1.58 bits per heavy atom. The van der Waals surface area contributed by atoms with Crippen LogP contribution in [-0.2, 0) is 13.6 Å². The van der Waals surface area contributed by atoms with Crippen LogP contribution in [-0.4, -0.2) is 19.0 Å². The molecule has 128 valence electrons. The van der Waals surface area contributed by atoms with Crippen molar-refractivity contribution in [2.24, 2.45) is 0 Å². The topological polar surface area (TPSA) is 52.6 Å². The van der Waals surface area contributed by atoms with Crippen molar-refractivity contribution in [1.29, 1.82) is 0 Å². The van der Waals surface area contributed by atoms with Gasteiger partial charge in [0.15, 0.2) is 5.78 Å². The van der Waals surface area contributed by atoms with Crippen molar-refractivity contribution in [2.75, 3.05) is 13.2 Å². The number of carbonyl (C=O) groups is 1. The maximum absolute atomic E-state index is 12.7. The largest absolute Gasteiger partial charge is 0.361 e.